The SMILES string of the molecule is C[C@@H]1O[C@@H](O[C@H]2[C@H](O)[C@@H](O)[C@H](O[C@@H]3CC[C@]4(C)C5=CC=C6[C@@H]7CC(C)(C)CC[C@]7(CO)[C@H](O)C[C@@]6(C)[C@]5(C)CC[C@H]4C3(C)C)O[C@@H]2CO[C@@H]2O[C@H](CO)[C@@H](O)[C@H](O)[C@H]2O)[C@H](O)[C@H](O)[C@H]1O. The molecule has 372 valence electrons. The second-order valence-electron chi connectivity index (χ2n) is 23.2. The van der Waals surface area contributed by atoms with Crippen molar-refractivity contribution >= 4 is 0 Å². The minimum Gasteiger partial charge on any atom is -0.396 e. The van der Waals surface area contributed by atoms with Crippen molar-refractivity contribution in [1.82, 2.24) is 0 Å². The zero-order chi connectivity index (χ0) is 47.6. The molecule has 0 aromatic rings. The Bertz CT molecular complexity index is 1790. The van der Waals surface area contributed by atoms with Crippen molar-refractivity contribution in [2.75, 3.05) is 19.8 Å². The fourth-order valence-electron chi connectivity index (χ4n) is 14.4. The van der Waals surface area contributed by atoms with E-state index >= 15 is 0 Å². The largest absolute Gasteiger partial charge is 0.396 e. The molecule has 17 nitrogen and oxygen atoms in total. The highest BCUT2D eigenvalue weighted by Gasteiger charge is 2.68. The average Bonchev–Trinajstić information content (AvgIpc) is 3.24. The standard InChI is InChI=1S/C48H78O17/c1-22-31(52)33(54)37(58)41(61-22)65-39-26(20-60-40-36(57)34(55)32(53)25(19-49)62-40)63-42(38(59)35(39)56)64-30-12-13-45(6)27(44(30,4)5)11-14-46(7)28(45)10-9-23-24-17-43(2,3)15-16-48(24,21-50)29(51)18-47(23,46)8/h9-10,22,24-27,29-42,49-59H,11-21H2,1-8H3/t22-,24-,25+,26+,27-,29+,30+,31-,32+,33+,34-,35+,36+,37+,38+,39+,40+,41-,42-,45-,46+,47+,48+/m0/s1. The first-order valence-electron chi connectivity index (χ1n) is 24.0. The molecule has 11 N–H and O–H groups in total. The van der Waals surface area contributed by atoms with Gasteiger partial charge in [-0.05, 0) is 91.8 Å². The van der Waals surface area contributed by atoms with Gasteiger partial charge >= 0.3 is 0 Å². The smallest absolute Gasteiger partial charge is 0.187 e. The maximum Gasteiger partial charge on any atom is 0.187 e. The molecule has 0 aromatic carbocycles. The Labute approximate surface area is 382 Å². The first-order chi connectivity index (χ1) is 30.3. The Morgan fingerprint density at radius 3 is 1.92 bits per heavy atom. The molecular formula is C48H78O17. The molecule has 3 aliphatic heterocycles. The molecule has 8 aliphatic rings. The lowest BCUT2D eigenvalue weighted by molar-refractivity contribution is -0.373. The van der Waals surface area contributed by atoms with Crippen LogP contribution in [0.2, 0.25) is 0 Å². The molecule has 0 radical (unpaired) electrons. The molecule has 17 heteroatoms. The molecule has 3 heterocycles. The number of aliphatic hydroxyl groups is 11. The van der Waals surface area contributed by atoms with E-state index in [-0.39, 0.29) is 40.1 Å². The van der Waals surface area contributed by atoms with Crippen LogP contribution in [0.4, 0.5) is 0 Å². The summed E-state index contributed by atoms with van der Waals surface area (Å²) in [5, 5.41) is 119. The fourth-order valence-corrected chi connectivity index (χ4v) is 14.4. The molecule has 3 saturated heterocycles. The molecule has 0 bridgehead atoms. The van der Waals surface area contributed by atoms with Gasteiger partial charge < -0.3 is 84.6 Å². The Morgan fingerprint density at radius 2 is 1.25 bits per heavy atom. The van der Waals surface area contributed by atoms with Gasteiger partial charge in [0.25, 0.3) is 0 Å². The minimum absolute atomic E-state index is 0.0341. The maximum absolute atomic E-state index is 12.1. The van der Waals surface area contributed by atoms with Gasteiger partial charge in [-0.25, -0.2) is 0 Å². The van der Waals surface area contributed by atoms with Crippen LogP contribution in [0.1, 0.15) is 107 Å². The molecule has 23 atom stereocenters. The second-order valence-corrected chi connectivity index (χ2v) is 23.2. The Balaban J connectivity index is 1.04. The van der Waals surface area contributed by atoms with E-state index in [2.05, 4.69) is 60.6 Å². The molecule has 65 heavy (non-hydrogen) atoms. The van der Waals surface area contributed by atoms with Crippen molar-refractivity contribution in [1.29, 1.82) is 0 Å². The normalized spacial score (nSPS) is 54.0. The number of aliphatic hydroxyl groups excluding tert-OH is 11. The van der Waals surface area contributed by atoms with E-state index in [4.69, 9.17) is 28.4 Å². The molecule has 4 saturated carbocycles. The van der Waals surface area contributed by atoms with Gasteiger partial charge in [-0.15, -0.1) is 0 Å². The third kappa shape index (κ3) is 7.87. The Morgan fingerprint density at radius 1 is 0.615 bits per heavy atom. The summed E-state index contributed by atoms with van der Waals surface area (Å²) in [6, 6.07) is 0. The molecular weight excluding hydrogens is 849 g/mol. The highest BCUT2D eigenvalue weighted by atomic mass is 16.8. The van der Waals surface area contributed by atoms with Crippen molar-refractivity contribution < 1.29 is 84.6 Å². The molecule has 8 rings (SSSR count). The van der Waals surface area contributed by atoms with E-state index in [0.717, 1.165) is 38.5 Å². The third-order valence-electron chi connectivity index (χ3n) is 18.8. The molecule has 7 fully saturated rings. The van der Waals surface area contributed by atoms with Crippen LogP contribution in [0, 0.1) is 44.3 Å². The fraction of sp³-hybridized carbons (Fsp3) is 0.917. The first-order valence-corrected chi connectivity index (χ1v) is 24.0. The summed E-state index contributed by atoms with van der Waals surface area (Å²) in [5.41, 5.74) is 0.933. The first kappa shape index (κ1) is 50.2. The number of fused-ring (bicyclic) bond motifs is 7. The lowest BCUT2D eigenvalue weighted by Crippen LogP contribution is -2.66. The topological polar surface area (TPSA) is 278 Å². The summed E-state index contributed by atoms with van der Waals surface area (Å²) in [4.78, 5) is 0. The monoisotopic (exact) mass is 927 g/mol. The Kier molecular flexibility index (Phi) is 13.6. The van der Waals surface area contributed by atoms with Gasteiger partial charge in [0.1, 0.15) is 67.1 Å². The summed E-state index contributed by atoms with van der Waals surface area (Å²) in [5.74, 6) is 0.189. The van der Waals surface area contributed by atoms with Crippen LogP contribution < -0.4 is 0 Å². The van der Waals surface area contributed by atoms with Crippen LogP contribution in [-0.4, -0.2) is 180 Å². The van der Waals surface area contributed by atoms with Gasteiger partial charge in [-0.1, -0.05) is 71.8 Å². The van der Waals surface area contributed by atoms with Crippen LogP contribution in [0.25, 0.3) is 0 Å². The van der Waals surface area contributed by atoms with Crippen molar-refractivity contribution in [3.8, 4) is 0 Å². The zero-order valence-corrected chi connectivity index (χ0v) is 39.3. The van der Waals surface area contributed by atoms with Crippen LogP contribution in [0.3, 0.4) is 0 Å². The lowest BCUT2D eigenvalue weighted by atomic mass is 9.35. The molecule has 5 aliphatic carbocycles. The molecule has 0 spiro atoms. The third-order valence-corrected chi connectivity index (χ3v) is 18.8. The van der Waals surface area contributed by atoms with Gasteiger partial charge in [-0.2, -0.15) is 0 Å². The molecule has 0 amide bonds. The summed E-state index contributed by atoms with van der Waals surface area (Å²) >= 11 is 0. The van der Waals surface area contributed by atoms with E-state index in [0.29, 0.717) is 12.8 Å². The van der Waals surface area contributed by atoms with Gasteiger partial charge in [-0.3, -0.25) is 0 Å². The number of hydrogen-bond acceptors (Lipinski definition) is 17. The van der Waals surface area contributed by atoms with Crippen molar-refractivity contribution in [2.24, 2.45) is 44.3 Å². The van der Waals surface area contributed by atoms with Crippen molar-refractivity contribution in [3.63, 3.8) is 0 Å². The van der Waals surface area contributed by atoms with Crippen LogP contribution >= 0.6 is 0 Å². The van der Waals surface area contributed by atoms with Crippen molar-refractivity contribution in [3.05, 3.63) is 23.3 Å². The predicted molar refractivity (Wildman–Crippen MR) is 230 cm³/mol. The van der Waals surface area contributed by atoms with E-state index < -0.39 is 128 Å². The summed E-state index contributed by atoms with van der Waals surface area (Å²) in [7, 11) is 0. The second kappa shape index (κ2) is 17.6. The summed E-state index contributed by atoms with van der Waals surface area (Å²) in [6.45, 7) is 16.2. The van der Waals surface area contributed by atoms with Gasteiger partial charge in [0.05, 0.1) is 38.1 Å². The van der Waals surface area contributed by atoms with Gasteiger partial charge in [0.15, 0.2) is 18.9 Å². The van der Waals surface area contributed by atoms with E-state index in [1.54, 1.807) is 0 Å². The zero-order valence-electron chi connectivity index (χ0n) is 39.3. The van der Waals surface area contributed by atoms with E-state index in [1.807, 2.05) is 0 Å². The Hall–Kier alpha value is -1.20. The number of hydrogen-bond donors (Lipinski definition) is 11. The maximum atomic E-state index is 12.1. The van der Waals surface area contributed by atoms with E-state index in [1.165, 1.54) is 18.1 Å². The van der Waals surface area contributed by atoms with Gasteiger partial charge in [0, 0.05) is 10.8 Å². The number of rotatable bonds is 9. The highest BCUT2D eigenvalue weighted by Crippen LogP contribution is 2.74. The quantitative estimate of drug-likeness (QED) is 0.141. The molecule has 0 aromatic heterocycles. The lowest BCUT2D eigenvalue weighted by Gasteiger charge is -2.69. The van der Waals surface area contributed by atoms with Gasteiger partial charge in [0.2, 0.25) is 0 Å². The number of ether oxygens (including phenoxy) is 6. The highest BCUT2D eigenvalue weighted by molar-refractivity contribution is 5.46. The van der Waals surface area contributed by atoms with Crippen LogP contribution in [0.15, 0.2) is 23.3 Å². The van der Waals surface area contributed by atoms with Crippen LogP contribution in [-0.2, 0) is 28.4 Å². The molecule has 0 unspecified atom stereocenters. The van der Waals surface area contributed by atoms with Crippen LogP contribution in [0.5, 0.6) is 0 Å². The van der Waals surface area contributed by atoms with E-state index in [9.17, 15) is 56.2 Å². The van der Waals surface area contributed by atoms with Crippen molar-refractivity contribution in [2.45, 2.75) is 211 Å². The summed E-state index contributed by atoms with van der Waals surface area (Å²) < 4.78 is 36.2. The number of allylic oxidation sites excluding steroid dienone is 4. The summed E-state index contributed by atoms with van der Waals surface area (Å²) in [6.07, 6.45) is -13.3. The minimum atomic E-state index is -1.76. The predicted octanol–water partition coefficient (Wildman–Crippen LogP) is 0.532. The average molecular weight is 927 g/mol.